The number of H-pyrrole nitrogens is 2. The van der Waals surface area contributed by atoms with Gasteiger partial charge in [0.05, 0.1) is 10.0 Å². The number of primary amides is 1. The highest BCUT2D eigenvalue weighted by Crippen LogP contribution is 2.38. The van der Waals surface area contributed by atoms with Crippen molar-refractivity contribution in [2.75, 3.05) is 0 Å². The Hall–Kier alpha value is -3.44. The van der Waals surface area contributed by atoms with E-state index in [-0.39, 0.29) is 44.4 Å². The summed E-state index contributed by atoms with van der Waals surface area (Å²) < 4.78 is 6.35. The first-order valence-corrected chi connectivity index (χ1v) is 9.59. The molecule has 0 spiro atoms. The fourth-order valence-electron chi connectivity index (χ4n) is 2.66. The summed E-state index contributed by atoms with van der Waals surface area (Å²) in [7, 11) is 0. The first-order chi connectivity index (χ1) is 14.6. The van der Waals surface area contributed by atoms with Crippen molar-refractivity contribution in [1.82, 2.24) is 25.0 Å². The Labute approximate surface area is 183 Å². The number of carbonyl (C=O) groups excluding carboxylic acids is 1. The summed E-state index contributed by atoms with van der Waals surface area (Å²) >= 11 is 12.6. The van der Waals surface area contributed by atoms with E-state index in [1.165, 1.54) is 18.2 Å². The zero-order chi connectivity index (χ0) is 22.9. The zero-order valence-electron chi connectivity index (χ0n) is 16.2. The Morgan fingerprint density at radius 2 is 1.81 bits per heavy atom. The molecular formula is C18H16Cl2N6O5. The van der Waals surface area contributed by atoms with Crippen LogP contribution in [-0.4, -0.2) is 30.9 Å². The van der Waals surface area contributed by atoms with Crippen molar-refractivity contribution in [2.24, 2.45) is 5.73 Å². The largest absolute Gasteiger partial charge is 0.434 e. The third kappa shape index (κ3) is 4.84. The molecule has 11 nitrogen and oxygen atoms in total. The normalized spacial score (nSPS) is 11.0. The minimum absolute atomic E-state index is 0.00967. The molecule has 1 aromatic carbocycles. The number of nitrogens with zero attached hydrogens (tertiary/aromatic N) is 3. The van der Waals surface area contributed by atoms with Crippen LogP contribution in [0.15, 0.2) is 32.6 Å². The molecular weight excluding hydrogens is 451 g/mol. The van der Waals surface area contributed by atoms with Crippen molar-refractivity contribution in [3.05, 3.63) is 65.0 Å². The van der Waals surface area contributed by atoms with Gasteiger partial charge in [-0.25, -0.2) is 14.6 Å². The Bertz CT molecular complexity index is 1320. The van der Waals surface area contributed by atoms with Gasteiger partial charge in [-0.05, 0) is 18.1 Å². The van der Waals surface area contributed by atoms with E-state index in [0.717, 1.165) is 0 Å². The minimum Gasteiger partial charge on any atom is -0.434 e. The molecule has 4 N–H and O–H groups in total. The number of ether oxygens (including phenoxy) is 1. The van der Waals surface area contributed by atoms with Crippen molar-refractivity contribution >= 4 is 29.1 Å². The van der Waals surface area contributed by atoms with Gasteiger partial charge in [0.1, 0.15) is 6.54 Å². The van der Waals surface area contributed by atoms with Crippen LogP contribution in [0.5, 0.6) is 11.6 Å². The van der Waals surface area contributed by atoms with Gasteiger partial charge in [-0.15, -0.1) is 5.10 Å². The fourth-order valence-corrected chi connectivity index (χ4v) is 3.22. The van der Waals surface area contributed by atoms with Crippen molar-refractivity contribution < 1.29 is 9.53 Å². The Morgan fingerprint density at radius 1 is 1.16 bits per heavy atom. The number of carbonyl (C=O) groups is 1. The number of aromatic nitrogens is 5. The quantitative estimate of drug-likeness (QED) is 0.493. The second-order valence-electron chi connectivity index (χ2n) is 6.75. The Kier molecular flexibility index (Phi) is 6.27. The number of aromatic amines is 2. The maximum absolute atomic E-state index is 12.2. The van der Waals surface area contributed by atoms with Crippen molar-refractivity contribution in [1.29, 1.82) is 0 Å². The number of nitrogens with two attached hydrogens (primary N) is 1. The van der Waals surface area contributed by atoms with Gasteiger partial charge in [0.25, 0.3) is 11.1 Å². The predicted molar refractivity (Wildman–Crippen MR) is 113 cm³/mol. The molecule has 2 aromatic heterocycles. The van der Waals surface area contributed by atoms with Crippen LogP contribution in [0.2, 0.25) is 10.0 Å². The average molecular weight is 467 g/mol. The standard InChI is InChI=1S/C18H16Cl2N6O5/c1-7(2)9-5-13(23-24-16(9)28)31-15-10(19)3-8(4-11(15)20)14-17(29)22-18(30)26(25-14)6-12(21)27/h3-5,7H,6H2,1-2H3,(H2,21,27)(H,24,28)(H,22,29,30). The second kappa shape index (κ2) is 8.74. The van der Waals surface area contributed by atoms with Crippen molar-refractivity contribution in [3.63, 3.8) is 0 Å². The van der Waals surface area contributed by atoms with E-state index in [1.54, 1.807) is 0 Å². The third-order valence-corrected chi connectivity index (χ3v) is 4.67. The molecule has 0 bridgehead atoms. The Morgan fingerprint density at radius 3 is 2.39 bits per heavy atom. The maximum Gasteiger partial charge on any atom is 0.345 e. The predicted octanol–water partition coefficient (Wildman–Crippen LogP) is 1.39. The summed E-state index contributed by atoms with van der Waals surface area (Å²) in [5, 5.41) is 10.0. The summed E-state index contributed by atoms with van der Waals surface area (Å²) in [4.78, 5) is 49.0. The average Bonchev–Trinajstić information content (AvgIpc) is 2.67. The van der Waals surface area contributed by atoms with Crippen LogP contribution in [0.1, 0.15) is 25.3 Å². The molecule has 2 heterocycles. The molecule has 0 fully saturated rings. The molecule has 0 unspecified atom stereocenters. The molecule has 3 rings (SSSR count). The number of hydrogen-bond donors (Lipinski definition) is 3. The first kappa shape index (κ1) is 22.2. The van der Waals surface area contributed by atoms with Crippen LogP contribution in [0.25, 0.3) is 11.3 Å². The lowest BCUT2D eigenvalue weighted by molar-refractivity contribution is -0.118. The van der Waals surface area contributed by atoms with E-state index >= 15 is 0 Å². The van der Waals surface area contributed by atoms with Gasteiger partial charge in [-0.2, -0.15) is 5.10 Å². The molecule has 31 heavy (non-hydrogen) atoms. The number of rotatable bonds is 6. The number of hydrogen-bond acceptors (Lipinski definition) is 7. The fraction of sp³-hybridized carbons (Fsp3) is 0.222. The van der Waals surface area contributed by atoms with E-state index in [1.807, 2.05) is 18.8 Å². The van der Waals surface area contributed by atoms with Gasteiger partial charge in [0.2, 0.25) is 11.8 Å². The first-order valence-electron chi connectivity index (χ1n) is 8.83. The molecule has 162 valence electrons. The molecule has 0 aliphatic rings. The van der Waals surface area contributed by atoms with E-state index < -0.39 is 23.7 Å². The van der Waals surface area contributed by atoms with Gasteiger partial charge >= 0.3 is 5.69 Å². The van der Waals surface area contributed by atoms with Crippen LogP contribution in [0.3, 0.4) is 0 Å². The lowest BCUT2D eigenvalue weighted by Gasteiger charge is -2.12. The smallest absolute Gasteiger partial charge is 0.345 e. The molecule has 1 amide bonds. The SMILES string of the molecule is CC(C)c1cc(Oc2c(Cl)cc(-c3nn(CC(N)=O)c(=O)[nH]c3=O)cc2Cl)n[nH]c1=O. The van der Waals surface area contributed by atoms with Gasteiger partial charge < -0.3 is 10.5 Å². The second-order valence-corrected chi connectivity index (χ2v) is 7.56. The van der Waals surface area contributed by atoms with Crippen LogP contribution < -0.4 is 27.3 Å². The summed E-state index contributed by atoms with van der Waals surface area (Å²) in [6, 6.07) is 4.15. The summed E-state index contributed by atoms with van der Waals surface area (Å²) in [6.07, 6.45) is 0. The molecule has 0 saturated carbocycles. The van der Waals surface area contributed by atoms with Crippen LogP contribution in [-0.2, 0) is 11.3 Å². The number of amides is 1. The van der Waals surface area contributed by atoms with Gasteiger partial charge in [-0.3, -0.25) is 19.4 Å². The van der Waals surface area contributed by atoms with Crippen LogP contribution >= 0.6 is 23.2 Å². The maximum atomic E-state index is 12.2. The van der Waals surface area contributed by atoms with Gasteiger partial charge in [0.15, 0.2) is 11.4 Å². The van der Waals surface area contributed by atoms with E-state index in [0.29, 0.717) is 10.2 Å². The molecule has 0 aliphatic heterocycles. The highest BCUT2D eigenvalue weighted by molar-refractivity contribution is 6.37. The Balaban J connectivity index is 2.03. The van der Waals surface area contributed by atoms with Crippen LogP contribution in [0, 0.1) is 0 Å². The van der Waals surface area contributed by atoms with Crippen molar-refractivity contribution in [2.45, 2.75) is 26.3 Å². The van der Waals surface area contributed by atoms with Crippen LogP contribution in [0.4, 0.5) is 0 Å². The lowest BCUT2D eigenvalue weighted by atomic mass is 10.1. The molecule has 13 heteroatoms. The number of nitrogens with one attached hydrogen (secondary N) is 2. The number of halogens is 2. The third-order valence-electron chi connectivity index (χ3n) is 4.11. The zero-order valence-corrected chi connectivity index (χ0v) is 17.7. The topological polar surface area (TPSA) is 166 Å². The molecule has 0 aliphatic carbocycles. The molecule has 0 saturated heterocycles. The van der Waals surface area contributed by atoms with Gasteiger partial charge in [0, 0.05) is 17.2 Å². The van der Waals surface area contributed by atoms with Gasteiger partial charge in [-0.1, -0.05) is 37.0 Å². The van der Waals surface area contributed by atoms with E-state index in [9.17, 15) is 19.2 Å². The summed E-state index contributed by atoms with van der Waals surface area (Å²) in [6.45, 7) is 3.15. The molecule has 3 aromatic rings. The monoisotopic (exact) mass is 466 g/mol. The van der Waals surface area contributed by atoms with E-state index in [2.05, 4.69) is 15.3 Å². The van der Waals surface area contributed by atoms with E-state index in [4.69, 9.17) is 33.7 Å². The minimum atomic E-state index is -0.894. The summed E-state index contributed by atoms with van der Waals surface area (Å²) in [5.41, 5.74) is 3.46. The highest BCUT2D eigenvalue weighted by Gasteiger charge is 2.18. The highest BCUT2D eigenvalue weighted by atomic mass is 35.5. The summed E-state index contributed by atoms with van der Waals surface area (Å²) in [5.74, 6) is -0.799. The molecule has 0 atom stereocenters. The molecule has 0 radical (unpaired) electrons. The number of benzene rings is 1. The lowest BCUT2D eigenvalue weighted by Crippen LogP contribution is -2.36. The van der Waals surface area contributed by atoms with Crippen molar-refractivity contribution in [3.8, 4) is 22.9 Å².